The lowest BCUT2D eigenvalue weighted by Gasteiger charge is -2.41. The van der Waals surface area contributed by atoms with Gasteiger partial charge in [0.1, 0.15) is 11.6 Å². The van der Waals surface area contributed by atoms with Crippen molar-refractivity contribution in [1.29, 1.82) is 0 Å². The van der Waals surface area contributed by atoms with Gasteiger partial charge in [-0.15, -0.1) is 0 Å². The average molecular weight is 418 g/mol. The molecule has 1 aliphatic heterocycles. The second kappa shape index (κ2) is 7.88. The molecule has 27 heavy (non-hydrogen) atoms. The molecule has 1 aromatic carbocycles. The van der Waals surface area contributed by atoms with Gasteiger partial charge in [-0.2, -0.15) is 22.3 Å². The molecule has 11 nitrogen and oxygen atoms in total. The van der Waals surface area contributed by atoms with Gasteiger partial charge in [-0.05, 0) is 25.6 Å². The Balaban J connectivity index is 2.35. The van der Waals surface area contributed by atoms with E-state index in [0.717, 1.165) is 24.3 Å². The lowest BCUT2D eigenvalue weighted by molar-refractivity contribution is -0.384. The zero-order valence-corrected chi connectivity index (χ0v) is 15.9. The minimum absolute atomic E-state index is 0.0316. The first-order valence-corrected chi connectivity index (χ1v) is 9.75. The van der Waals surface area contributed by atoms with Crippen LogP contribution in [0.15, 0.2) is 34.3 Å². The molecule has 1 fully saturated rings. The molecule has 3 unspecified atom stereocenters. The number of sulfonamides is 1. The van der Waals surface area contributed by atoms with Crippen LogP contribution in [0.4, 0.5) is 5.69 Å². The van der Waals surface area contributed by atoms with Gasteiger partial charge in [0.05, 0.1) is 15.2 Å². The second-order valence-electron chi connectivity index (χ2n) is 6.25. The number of non-ortho nitro benzene ring substituents is 1. The average Bonchev–Trinajstić information content (AvgIpc) is 2.62. The van der Waals surface area contributed by atoms with Crippen LogP contribution in [0, 0.1) is 15.0 Å². The highest BCUT2D eigenvalue weighted by Gasteiger charge is 2.50. The van der Waals surface area contributed by atoms with E-state index in [0.29, 0.717) is 6.54 Å². The maximum atomic E-state index is 12.6. The van der Waals surface area contributed by atoms with E-state index in [4.69, 9.17) is 0 Å². The molecule has 0 amide bonds. The normalized spacial score (nSPS) is 24.9. The number of thiol groups is 1. The number of hydrogen-bond acceptors (Lipinski definition) is 9. The van der Waals surface area contributed by atoms with E-state index < -0.39 is 37.9 Å². The van der Waals surface area contributed by atoms with Crippen LogP contribution in [0.2, 0.25) is 0 Å². The summed E-state index contributed by atoms with van der Waals surface area (Å²) in [6, 6.07) is 2.13. The summed E-state index contributed by atoms with van der Waals surface area (Å²) in [6.07, 6.45) is -0.0281. The third-order valence-electron chi connectivity index (χ3n) is 4.54. The van der Waals surface area contributed by atoms with E-state index in [1.54, 1.807) is 11.9 Å². The van der Waals surface area contributed by atoms with Crippen molar-refractivity contribution < 1.29 is 23.2 Å². The van der Waals surface area contributed by atoms with Gasteiger partial charge in [-0.3, -0.25) is 19.8 Å². The van der Waals surface area contributed by atoms with Crippen LogP contribution in [-0.2, 0) is 14.8 Å². The van der Waals surface area contributed by atoms with Gasteiger partial charge in [0, 0.05) is 25.1 Å². The Morgan fingerprint density at radius 3 is 2.52 bits per heavy atom. The number of carbonyl (C=O) groups is 1. The van der Waals surface area contributed by atoms with Crippen LogP contribution in [0.1, 0.15) is 12.8 Å². The number of nitro benzene ring substituents is 1. The van der Waals surface area contributed by atoms with Gasteiger partial charge in [0.25, 0.3) is 5.69 Å². The zero-order chi connectivity index (χ0) is 20.4. The zero-order valence-electron chi connectivity index (χ0n) is 14.2. The fourth-order valence-corrected chi connectivity index (χ4v) is 4.54. The van der Waals surface area contributed by atoms with Gasteiger partial charge in [0.2, 0.25) is 10.0 Å². The SMILES string of the molecule is CN1CCC(N=O)(C(NS(=O)(=O)c2ccc([N+](=O)[O-])cc2)C(=O)O)CC1S. The fraction of sp³-hybridized carbons (Fsp3) is 0.500. The molecule has 2 N–H and O–H groups in total. The third kappa shape index (κ3) is 4.43. The van der Waals surface area contributed by atoms with E-state index >= 15 is 0 Å². The number of nitro groups is 1. The summed E-state index contributed by atoms with van der Waals surface area (Å²) in [6.45, 7) is 0.308. The van der Waals surface area contributed by atoms with Gasteiger partial charge < -0.3 is 5.11 Å². The highest BCUT2D eigenvalue weighted by Crippen LogP contribution is 2.35. The summed E-state index contributed by atoms with van der Waals surface area (Å²) >= 11 is 4.29. The predicted molar refractivity (Wildman–Crippen MR) is 98.0 cm³/mol. The number of nitroso groups, excluding NO2 is 1. The topological polar surface area (TPSA) is 159 Å². The largest absolute Gasteiger partial charge is 0.480 e. The molecule has 1 heterocycles. The number of carboxylic acid groups (broad SMARTS) is 1. The van der Waals surface area contributed by atoms with Crippen molar-refractivity contribution in [3.05, 3.63) is 39.3 Å². The van der Waals surface area contributed by atoms with E-state index in [-0.39, 0.29) is 23.4 Å². The minimum Gasteiger partial charge on any atom is -0.480 e. The number of nitrogens with zero attached hydrogens (tertiary/aromatic N) is 3. The standard InChI is InChI=1S/C14H18N4O7S2/c1-17-7-6-14(16-21,8-11(17)26)12(13(19)20)15-27(24,25)10-4-2-9(3-5-10)18(22)23/h2-5,11-12,15,26H,6-8H2,1H3,(H,19,20). The fourth-order valence-electron chi connectivity index (χ4n) is 2.85. The van der Waals surface area contributed by atoms with Crippen molar-refractivity contribution >= 4 is 34.3 Å². The molecule has 0 bridgehead atoms. The van der Waals surface area contributed by atoms with Crippen molar-refractivity contribution in [3.8, 4) is 0 Å². The number of carboxylic acids is 1. The summed E-state index contributed by atoms with van der Waals surface area (Å²) in [5.74, 6) is -1.55. The maximum absolute atomic E-state index is 12.6. The number of benzene rings is 1. The van der Waals surface area contributed by atoms with Crippen LogP contribution in [0.5, 0.6) is 0 Å². The molecule has 148 valence electrons. The molecule has 1 aromatic rings. The van der Waals surface area contributed by atoms with Crippen molar-refractivity contribution in [2.45, 2.75) is 34.7 Å². The first kappa shape index (κ1) is 21.2. The molecule has 1 saturated heterocycles. The number of rotatable bonds is 7. The van der Waals surface area contributed by atoms with Gasteiger partial charge in [0.15, 0.2) is 0 Å². The highest BCUT2D eigenvalue weighted by atomic mass is 32.2. The number of likely N-dealkylation sites (tertiary alicyclic amines) is 1. The summed E-state index contributed by atoms with van der Waals surface area (Å²) in [5, 5.41) is 22.7. The van der Waals surface area contributed by atoms with Gasteiger partial charge >= 0.3 is 5.97 Å². The van der Waals surface area contributed by atoms with Crippen LogP contribution in [0.3, 0.4) is 0 Å². The molecule has 1 aliphatic rings. The first-order valence-electron chi connectivity index (χ1n) is 7.75. The second-order valence-corrected chi connectivity index (χ2v) is 8.56. The number of piperidine rings is 1. The van der Waals surface area contributed by atoms with Gasteiger partial charge in [-0.1, -0.05) is 5.18 Å². The quantitative estimate of drug-likeness (QED) is 0.254. The molecule has 0 spiro atoms. The lowest BCUT2D eigenvalue weighted by Crippen LogP contribution is -2.60. The molecule has 0 aromatic heterocycles. The van der Waals surface area contributed by atoms with E-state index in [2.05, 4.69) is 17.8 Å². The van der Waals surface area contributed by atoms with Crippen LogP contribution >= 0.6 is 12.6 Å². The lowest BCUT2D eigenvalue weighted by atomic mass is 9.82. The van der Waals surface area contributed by atoms with Crippen LogP contribution in [-0.4, -0.2) is 59.9 Å². The van der Waals surface area contributed by atoms with Crippen molar-refractivity contribution in [2.24, 2.45) is 5.18 Å². The Morgan fingerprint density at radius 2 is 2.07 bits per heavy atom. The van der Waals surface area contributed by atoms with E-state index in [9.17, 15) is 33.3 Å². The van der Waals surface area contributed by atoms with Crippen molar-refractivity contribution in [2.75, 3.05) is 13.6 Å². The van der Waals surface area contributed by atoms with Crippen molar-refractivity contribution in [1.82, 2.24) is 9.62 Å². The summed E-state index contributed by atoms with van der Waals surface area (Å²) in [5.41, 5.74) is -2.03. The monoisotopic (exact) mass is 418 g/mol. The van der Waals surface area contributed by atoms with Gasteiger partial charge in [-0.25, -0.2) is 8.42 Å². The number of hydrogen-bond donors (Lipinski definition) is 3. The Hall–Kier alpha value is -2.09. The summed E-state index contributed by atoms with van der Waals surface area (Å²) < 4.78 is 27.1. The Kier molecular flexibility index (Phi) is 6.19. The molecular weight excluding hydrogens is 400 g/mol. The van der Waals surface area contributed by atoms with E-state index in [1.165, 1.54) is 0 Å². The maximum Gasteiger partial charge on any atom is 0.324 e. The van der Waals surface area contributed by atoms with E-state index in [1.807, 2.05) is 4.72 Å². The molecule has 13 heteroatoms. The van der Waals surface area contributed by atoms with Crippen LogP contribution < -0.4 is 4.72 Å². The summed E-state index contributed by atoms with van der Waals surface area (Å²) in [7, 11) is -2.63. The minimum atomic E-state index is -4.37. The Morgan fingerprint density at radius 1 is 1.48 bits per heavy atom. The first-order chi connectivity index (χ1) is 12.5. The third-order valence-corrected chi connectivity index (χ3v) is 6.55. The molecule has 3 atom stereocenters. The number of nitrogens with one attached hydrogen (secondary N) is 1. The van der Waals surface area contributed by atoms with Crippen molar-refractivity contribution in [3.63, 3.8) is 0 Å². The smallest absolute Gasteiger partial charge is 0.324 e. The molecular formula is C14H18N4O7S2. The Labute approximate surface area is 160 Å². The van der Waals surface area contributed by atoms with Crippen LogP contribution in [0.25, 0.3) is 0 Å². The summed E-state index contributed by atoms with van der Waals surface area (Å²) in [4.78, 5) is 34.7. The predicted octanol–water partition coefficient (Wildman–Crippen LogP) is 0.813. The molecule has 0 saturated carbocycles. The molecule has 2 rings (SSSR count). The highest BCUT2D eigenvalue weighted by molar-refractivity contribution is 7.89. The number of aliphatic carboxylic acids is 1. The molecule has 0 aliphatic carbocycles. The molecule has 0 radical (unpaired) electrons. The Bertz CT molecular complexity index is 846.